The van der Waals surface area contributed by atoms with E-state index in [0.717, 1.165) is 15.7 Å². The molecule has 3 rings (SSSR count). The van der Waals surface area contributed by atoms with Crippen LogP contribution in [-0.2, 0) is 0 Å². The average Bonchev–Trinajstić information content (AvgIpc) is 2.88. The van der Waals surface area contributed by atoms with E-state index in [-0.39, 0.29) is 0 Å². The van der Waals surface area contributed by atoms with Crippen molar-refractivity contribution in [1.82, 2.24) is 19.9 Å². The number of aromatic nitrogens is 4. The highest BCUT2D eigenvalue weighted by molar-refractivity contribution is 9.10. The number of nitrogens with one attached hydrogen (secondary N) is 1. The molecule has 0 bridgehead atoms. The van der Waals surface area contributed by atoms with Crippen LogP contribution in [0.15, 0.2) is 58.2 Å². The first-order valence-corrected chi connectivity index (χ1v) is 7.33. The summed E-state index contributed by atoms with van der Waals surface area (Å²) in [6.45, 7) is 0. The van der Waals surface area contributed by atoms with Crippen molar-refractivity contribution in [1.29, 1.82) is 0 Å². The zero-order valence-electron chi connectivity index (χ0n) is 10.8. The summed E-state index contributed by atoms with van der Waals surface area (Å²) in [5.41, 5.74) is 1.65. The number of benzene rings is 1. The molecule has 0 aliphatic rings. The van der Waals surface area contributed by atoms with Crippen LogP contribution in [0.1, 0.15) is 5.69 Å². The molecule has 0 saturated heterocycles. The van der Waals surface area contributed by atoms with Crippen LogP contribution in [0.3, 0.4) is 0 Å². The van der Waals surface area contributed by atoms with E-state index >= 15 is 0 Å². The zero-order valence-corrected chi connectivity index (χ0v) is 13.2. The SMILES string of the molecule is S=c1[nH]nc(-c2ccccc2Br)n1N=Cc1ccccn1. The third-order valence-electron chi connectivity index (χ3n) is 2.76. The van der Waals surface area contributed by atoms with E-state index in [0.29, 0.717) is 10.6 Å². The maximum Gasteiger partial charge on any atom is 0.216 e. The summed E-state index contributed by atoms with van der Waals surface area (Å²) in [7, 11) is 0. The molecule has 5 nitrogen and oxygen atoms in total. The Hall–Kier alpha value is -2.12. The van der Waals surface area contributed by atoms with Gasteiger partial charge in [-0.15, -0.1) is 0 Å². The Morgan fingerprint density at radius 1 is 1.19 bits per heavy atom. The van der Waals surface area contributed by atoms with E-state index in [9.17, 15) is 0 Å². The number of nitrogens with zero attached hydrogens (tertiary/aromatic N) is 4. The minimum atomic E-state index is 0.424. The third kappa shape index (κ3) is 2.98. The van der Waals surface area contributed by atoms with Crippen molar-refractivity contribution < 1.29 is 0 Å². The van der Waals surface area contributed by atoms with Crippen molar-refractivity contribution in [3.05, 3.63) is 63.6 Å². The van der Waals surface area contributed by atoms with Crippen molar-refractivity contribution >= 4 is 34.4 Å². The molecular formula is C14H10BrN5S. The fraction of sp³-hybridized carbons (Fsp3) is 0. The number of pyridine rings is 1. The molecule has 1 aromatic carbocycles. The first kappa shape index (κ1) is 13.8. The van der Waals surface area contributed by atoms with Crippen LogP contribution in [0.25, 0.3) is 11.4 Å². The Morgan fingerprint density at radius 3 is 2.76 bits per heavy atom. The van der Waals surface area contributed by atoms with E-state index in [2.05, 4.69) is 36.2 Å². The highest BCUT2D eigenvalue weighted by atomic mass is 79.9. The molecule has 3 aromatic rings. The summed E-state index contributed by atoms with van der Waals surface area (Å²) in [4.78, 5) is 4.19. The lowest BCUT2D eigenvalue weighted by Gasteiger charge is -2.02. The van der Waals surface area contributed by atoms with Gasteiger partial charge in [-0.25, -0.2) is 5.10 Å². The lowest BCUT2D eigenvalue weighted by molar-refractivity contribution is 0.870. The van der Waals surface area contributed by atoms with Gasteiger partial charge < -0.3 is 0 Å². The molecule has 0 spiro atoms. The molecule has 2 aromatic heterocycles. The van der Waals surface area contributed by atoms with E-state index in [1.165, 1.54) is 0 Å². The molecule has 0 atom stereocenters. The number of hydrogen-bond donors (Lipinski definition) is 1. The quantitative estimate of drug-likeness (QED) is 0.573. The lowest BCUT2D eigenvalue weighted by Crippen LogP contribution is -1.96. The summed E-state index contributed by atoms with van der Waals surface area (Å²) in [6, 6.07) is 13.4. The van der Waals surface area contributed by atoms with Crippen LogP contribution in [0.2, 0.25) is 0 Å². The summed E-state index contributed by atoms with van der Waals surface area (Å²) in [5.74, 6) is 0.639. The van der Waals surface area contributed by atoms with Crippen LogP contribution in [0.4, 0.5) is 0 Å². The van der Waals surface area contributed by atoms with Crippen LogP contribution in [0, 0.1) is 4.77 Å². The number of aromatic amines is 1. The topological polar surface area (TPSA) is 58.9 Å². The molecule has 7 heteroatoms. The zero-order chi connectivity index (χ0) is 14.7. The van der Waals surface area contributed by atoms with Gasteiger partial charge in [-0.3, -0.25) is 4.98 Å². The van der Waals surface area contributed by atoms with Gasteiger partial charge in [0.15, 0.2) is 5.82 Å². The average molecular weight is 360 g/mol. The van der Waals surface area contributed by atoms with Gasteiger partial charge in [-0.1, -0.05) is 34.1 Å². The number of halogens is 1. The van der Waals surface area contributed by atoms with Crippen molar-refractivity contribution in [2.24, 2.45) is 5.10 Å². The van der Waals surface area contributed by atoms with Gasteiger partial charge in [0, 0.05) is 16.2 Å². The number of rotatable bonds is 3. The Morgan fingerprint density at radius 2 is 2.00 bits per heavy atom. The van der Waals surface area contributed by atoms with Crippen LogP contribution in [0.5, 0.6) is 0 Å². The van der Waals surface area contributed by atoms with Crippen LogP contribution < -0.4 is 0 Å². The van der Waals surface area contributed by atoms with Crippen LogP contribution in [-0.4, -0.2) is 26.1 Å². The van der Waals surface area contributed by atoms with E-state index in [4.69, 9.17) is 12.2 Å². The van der Waals surface area contributed by atoms with Gasteiger partial charge in [-0.05, 0) is 36.5 Å². The maximum absolute atomic E-state index is 5.23. The van der Waals surface area contributed by atoms with Crippen LogP contribution >= 0.6 is 28.1 Å². The van der Waals surface area contributed by atoms with E-state index in [1.807, 2.05) is 42.5 Å². The predicted molar refractivity (Wildman–Crippen MR) is 87.8 cm³/mol. The highest BCUT2D eigenvalue weighted by Gasteiger charge is 2.10. The molecule has 2 heterocycles. The summed E-state index contributed by atoms with van der Waals surface area (Å²) in [5, 5.41) is 11.4. The van der Waals surface area contributed by atoms with Crippen molar-refractivity contribution in [3.8, 4) is 11.4 Å². The Kier molecular flexibility index (Phi) is 4.03. The van der Waals surface area contributed by atoms with Gasteiger partial charge in [-0.2, -0.15) is 14.9 Å². The largest absolute Gasteiger partial charge is 0.255 e. The maximum atomic E-state index is 5.23. The Balaban J connectivity index is 2.05. The van der Waals surface area contributed by atoms with Gasteiger partial charge >= 0.3 is 0 Å². The third-order valence-corrected chi connectivity index (χ3v) is 3.71. The second-order valence-electron chi connectivity index (χ2n) is 4.14. The Labute approximate surface area is 134 Å². The van der Waals surface area contributed by atoms with Crippen molar-refractivity contribution in [2.75, 3.05) is 0 Å². The molecule has 0 saturated carbocycles. The highest BCUT2D eigenvalue weighted by Crippen LogP contribution is 2.26. The van der Waals surface area contributed by atoms with Gasteiger partial charge in [0.1, 0.15) is 0 Å². The molecule has 0 unspecified atom stereocenters. The minimum Gasteiger partial charge on any atom is -0.255 e. The first-order valence-electron chi connectivity index (χ1n) is 6.13. The lowest BCUT2D eigenvalue weighted by atomic mass is 10.2. The number of hydrogen-bond acceptors (Lipinski definition) is 4. The first-order chi connectivity index (χ1) is 10.3. The molecule has 0 aliphatic carbocycles. The molecule has 1 N–H and O–H groups in total. The number of H-pyrrole nitrogens is 1. The second-order valence-corrected chi connectivity index (χ2v) is 5.38. The fourth-order valence-electron chi connectivity index (χ4n) is 1.78. The molecule has 104 valence electrons. The van der Waals surface area contributed by atoms with Gasteiger partial charge in [0.25, 0.3) is 0 Å². The second kappa shape index (κ2) is 6.11. The van der Waals surface area contributed by atoms with Gasteiger partial charge in [0.05, 0.1) is 11.9 Å². The molecule has 0 aliphatic heterocycles. The summed E-state index contributed by atoms with van der Waals surface area (Å²) >= 11 is 8.73. The smallest absolute Gasteiger partial charge is 0.216 e. The van der Waals surface area contributed by atoms with E-state index in [1.54, 1.807) is 17.1 Å². The molecule has 0 fully saturated rings. The van der Waals surface area contributed by atoms with E-state index < -0.39 is 0 Å². The monoisotopic (exact) mass is 359 g/mol. The molecular weight excluding hydrogens is 350 g/mol. The Bertz CT molecular complexity index is 838. The minimum absolute atomic E-state index is 0.424. The fourth-order valence-corrected chi connectivity index (χ4v) is 2.43. The predicted octanol–water partition coefficient (Wildman–Crippen LogP) is 3.65. The molecule has 0 radical (unpaired) electrons. The summed E-state index contributed by atoms with van der Waals surface area (Å²) in [6.07, 6.45) is 3.36. The van der Waals surface area contributed by atoms with Crippen molar-refractivity contribution in [3.63, 3.8) is 0 Å². The molecule has 21 heavy (non-hydrogen) atoms. The van der Waals surface area contributed by atoms with Crippen molar-refractivity contribution in [2.45, 2.75) is 0 Å². The summed E-state index contributed by atoms with van der Waals surface area (Å²) < 4.78 is 2.92. The molecule has 0 amide bonds. The van der Waals surface area contributed by atoms with Gasteiger partial charge in [0.2, 0.25) is 4.77 Å². The normalized spacial score (nSPS) is 11.1. The standard InChI is InChI=1S/C14H10BrN5S/c15-12-7-2-1-6-11(12)13-18-19-14(21)20(13)17-9-10-5-3-4-8-16-10/h1-9H,(H,19,21).